The van der Waals surface area contributed by atoms with Gasteiger partial charge in [0, 0.05) is 17.0 Å². The van der Waals surface area contributed by atoms with E-state index >= 15 is 0 Å². The van der Waals surface area contributed by atoms with Crippen molar-refractivity contribution in [3.8, 4) is 0 Å². The Bertz CT molecular complexity index is 965. The van der Waals surface area contributed by atoms with Gasteiger partial charge in [-0.15, -0.1) is 0 Å². The van der Waals surface area contributed by atoms with Crippen molar-refractivity contribution < 1.29 is 23.9 Å². The van der Waals surface area contributed by atoms with Gasteiger partial charge in [0.2, 0.25) is 5.91 Å². The summed E-state index contributed by atoms with van der Waals surface area (Å²) in [6, 6.07) is 15.3. The summed E-state index contributed by atoms with van der Waals surface area (Å²) in [6.07, 6.45) is -0.109. The van der Waals surface area contributed by atoms with Gasteiger partial charge >= 0.3 is 5.97 Å². The van der Waals surface area contributed by atoms with E-state index in [1.807, 2.05) is 37.3 Å². The molecule has 0 aromatic heterocycles. The van der Waals surface area contributed by atoms with Gasteiger partial charge < -0.3 is 10.1 Å². The standard InChI is InChI=1S/C22H22ClN3O5/c1-14(15-5-3-2-4-6-15)24-19(27)13-31-22(30)17-11-20(28)26(12-17)25-21(29)16-7-9-18(23)10-8-16/h2-10,14,17H,11-13H2,1H3,(H,24,27)(H,25,29)/t14-,17+/m0/s1. The van der Waals surface area contributed by atoms with Gasteiger partial charge in [-0.1, -0.05) is 41.9 Å². The molecule has 3 rings (SSSR count). The zero-order valence-corrected chi connectivity index (χ0v) is 17.6. The zero-order valence-electron chi connectivity index (χ0n) is 16.8. The summed E-state index contributed by atoms with van der Waals surface area (Å²) < 4.78 is 5.07. The Balaban J connectivity index is 1.45. The first-order valence-electron chi connectivity index (χ1n) is 9.71. The first-order chi connectivity index (χ1) is 14.8. The topological polar surface area (TPSA) is 105 Å². The quantitative estimate of drug-likeness (QED) is 0.638. The molecular weight excluding hydrogens is 422 g/mol. The third-order valence-corrected chi connectivity index (χ3v) is 5.08. The van der Waals surface area contributed by atoms with Crippen LogP contribution >= 0.6 is 11.6 Å². The molecule has 2 atom stereocenters. The predicted octanol–water partition coefficient (Wildman–Crippen LogP) is 2.25. The number of nitrogens with one attached hydrogen (secondary N) is 2. The number of halogens is 1. The average Bonchev–Trinajstić information content (AvgIpc) is 3.13. The Hall–Kier alpha value is -3.39. The van der Waals surface area contributed by atoms with E-state index in [-0.39, 0.29) is 19.0 Å². The molecule has 2 aromatic carbocycles. The number of benzene rings is 2. The highest BCUT2D eigenvalue weighted by molar-refractivity contribution is 6.30. The summed E-state index contributed by atoms with van der Waals surface area (Å²) >= 11 is 5.80. The Labute approximate surface area is 184 Å². The van der Waals surface area contributed by atoms with E-state index in [2.05, 4.69) is 10.7 Å². The van der Waals surface area contributed by atoms with Gasteiger partial charge in [0.05, 0.1) is 18.5 Å². The molecule has 1 aliphatic heterocycles. The molecule has 0 radical (unpaired) electrons. The number of nitrogens with zero attached hydrogens (tertiary/aromatic N) is 1. The number of carbonyl (C=O) groups excluding carboxylic acids is 4. The van der Waals surface area contributed by atoms with Gasteiger partial charge in [0.25, 0.3) is 11.8 Å². The molecule has 1 heterocycles. The van der Waals surface area contributed by atoms with Gasteiger partial charge in [-0.05, 0) is 36.8 Å². The lowest BCUT2D eigenvalue weighted by Gasteiger charge is -2.18. The van der Waals surface area contributed by atoms with Crippen molar-refractivity contribution in [2.45, 2.75) is 19.4 Å². The third kappa shape index (κ3) is 6.05. The van der Waals surface area contributed by atoms with E-state index < -0.39 is 36.2 Å². The van der Waals surface area contributed by atoms with Crippen LogP contribution in [0.4, 0.5) is 0 Å². The van der Waals surface area contributed by atoms with Gasteiger partial charge in [-0.2, -0.15) is 0 Å². The highest BCUT2D eigenvalue weighted by Crippen LogP contribution is 2.18. The molecule has 3 amide bonds. The van der Waals surface area contributed by atoms with Crippen molar-refractivity contribution >= 4 is 35.3 Å². The molecule has 0 spiro atoms. The summed E-state index contributed by atoms with van der Waals surface area (Å²) in [6.45, 7) is 1.35. The Morgan fingerprint density at radius 1 is 1.13 bits per heavy atom. The van der Waals surface area contributed by atoms with Gasteiger partial charge in [0.1, 0.15) is 0 Å². The van der Waals surface area contributed by atoms with Crippen molar-refractivity contribution in [1.29, 1.82) is 0 Å². The van der Waals surface area contributed by atoms with Crippen LogP contribution < -0.4 is 10.7 Å². The summed E-state index contributed by atoms with van der Waals surface area (Å²) in [5.74, 6) is -2.78. The number of carbonyl (C=O) groups is 4. The van der Waals surface area contributed by atoms with Crippen LogP contribution in [0.2, 0.25) is 5.02 Å². The Morgan fingerprint density at radius 2 is 1.81 bits per heavy atom. The third-order valence-electron chi connectivity index (χ3n) is 4.82. The van der Waals surface area contributed by atoms with E-state index in [9.17, 15) is 19.2 Å². The molecule has 9 heteroatoms. The minimum absolute atomic E-state index is 0.0287. The number of ether oxygens (including phenoxy) is 1. The number of esters is 1. The Morgan fingerprint density at radius 3 is 2.48 bits per heavy atom. The van der Waals surface area contributed by atoms with E-state index in [0.717, 1.165) is 10.6 Å². The lowest BCUT2D eigenvalue weighted by Crippen LogP contribution is -2.43. The molecule has 31 heavy (non-hydrogen) atoms. The van der Waals surface area contributed by atoms with Crippen LogP contribution in [0.3, 0.4) is 0 Å². The minimum atomic E-state index is -0.766. The molecule has 1 fully saturated rings. The number of amides is 3. The predicted molar refractivity (Wildman–Crippen MR) is 113 cm³/mol. The van der Waals surface area contributed by atoms with Crippen LogP contribution in [0.25, 0.3) is 0 Å². The maximum Gasteiger partial charge on any atom is 0.311 e. The second-order valence-corrected chi connectivity index (χ2v) is 7.60. The second-order valence-electron chi connectivity index (χ2n) is 7.16. The molecular formula is C22H22ClN3O5. The molecule has 0 unspecified atom stereocenters. The molecule has 1 saturated heterocycles. The van der Waals surface area contributed by atoms with Crippen LogP contribution in [-0.2, 0) is 19.1 Å². The lowest BCUT2D eigenvalue weighted by molar-refractivity contribution is -0.152. The molecule has 0 bridgehead atoms. The van der Waals surface area contributed by atoms with Gasteiger partial charge in [0.15, 0.2) is 6.61 Å². The van der Waals surface area contributed by atoms with E-state index in [1.54, 1.807) is 12.1 Å². The van der Waals surface area contributed by atoms with Crippen molar-refractivity contribution in [3.63, 3.8) is 0 Å². The second kappa shape index (κ2) is 10.1. The monoisotopic (exact) mass is 443 g/mol. The highest BCUT2D eigenvalue weighted by Gasteiger charge is 2.36. The molecule has 8 nitrogen and oxygen atoms in total. The number of hydrogen-bond acceptors (Lipinski definition) is 5. The summed E-state index contributed by atoms with van der Waals surface area (Å²) in [5.41, 5.74) is 3.73. The van der Waals surface area contributed by atoms with Crippen LogP contribution in [0.1, 0.15) is 35.3 Å². The first-order valence-corrected chi connectivity index (χ1v) is 10.1. The number of hydrazine groups is 1. The molecule has 162 valence electrons. The minimum Gasteiger partial charge on any atom is -0.455 e. The van der Waals surface area contributed by atoms with Gasteiger partial charge in [-0.3, -0.25) is 29.6 Å². The van der Waals surface area contributed by atoms with Crippen molar-refractivity contribution in [2.75, 3.05) is 13.2 Å². The SMILES string of the molecule is C[C@H](NC(=O)COC(=O)[C@@H]1CC(=O)N(NC(=O)c2ccc(Cl)cc2)C1)c1ccccc1. The Kier molecular flexibility index (Phi) is 7.25. The zero-order chi connectivity index (χ0) is 22.4. The number of hydrogen-bond donors (Lipinski definition) is 2. The first kappa shape index (κ1) is 22.3. The maximum atomic E-state index is 12.3. The molecule has 1 aliphatic rings. The summed E-state index contributed by atoms with van der Waals surface area (Å²) in [4.78, 5) is 48.8. The summed E-state index contributed by atoms with van der Waals surface area (Å²) in [7, 11) is 0. The largest absolute Gasteiger partial charge is 0.455 e. The molecule has 0 saturated carbocycles. The molecule has 0 aliphatic carbocycles. The normalized spacial score (nSPS) is 16.5. The molecule has 2 N–H and O–H groups in total. The average molecular weight is 444 g/mol. The smallest absolute Gasteiger partial charge is 0.311 e. The van der Waals surface area contributed by atoms with E-state index in [4.69, 9.17) is 16.3 Å². The van der Waals surface area contributed by atoms with Crippen molar-refractivity contribution in [3.05, 3.63) is 70.7 Å². The molecule has 2 aromatic rings. The fourth-order valence-corrected chi connectivity index (χ4v) is 3.25. The van der Waals surface area contributed by atoms with Gasteiger partial charge in [-0.25, -0.2) is 0 Å². The lowest BCUT2D eigenvalue weighted by atomic mass is 10.1. The highest BCUT2D eigenvalue weighted by atomic mass is 35.5. The van der Waals surface area contributed by atoms with E-state index in [1.165, 1.54) is 12.1 Å². The van der Waals surface area contributed by atoms with Crippen LogP contribution in [-0.4, -0.2) is 41.9 Å². The van der Waals surface area contributed by atoms with E-state index in [0.29, 0.717) is 10.6 Å². The van der Waals surface area contributed by atoms with Crippen molar-refractivity contribution in [1.82, 2.24) is 15.8 Å². The van der Waals surface area contributed by atoms with Crippen molar-refractivity contribution in [2.24, 2.45) is 5.92 Å². The fraction of sp³-hybridized carbons (Fsp3) is 0.273. The van der Waals surface area contributed by atoms with Crippen LogP contribution in [0, 0.1) is 5.92 Å². The summed E-state index contributed by atoms with van der Waals surface area (Å²) in [5, 5.41) is 4.32. The van der Waals surface area contributed by atoms with Crippen LogP contribution in [0.5, 0.6) is 0 Å². The maximum absolute atomic E-state index is 12.3. The number of rotatable bonds is 7. The van der Waals surface area contributed by atoms with Crippen LogP contribution in [0.15, 0.2) is 54.6 Å². The fourth-order valence-electron chi connectivity index (χ4n) is 3.12.